The predicted molar refractivity (Wildman–Crippen MR) is 149 cm³/mol. The highest BCUT2D eigenvalue weighted by molar-refractivity contribution is 8.00. The van der Waals surface area contributed by atoms with Gasteiger partial charge in [-0.25, -0.2) is 4.79 Å². The average molecular weight is 602 g/mol. The Labute approximate surface area is 237 Å². The molecule has 0 saturated heterocycles. The number of carbonyl (C=O) groups excluding carboxylic acids is 2. The summed E-state index contributed by atoms with van der Waals surface area (Å²) in [6.07, 6.45) is 0. The third-order valence-electron chi connectivity index (χ3n) is 4.91. The molecule has 2 amide bonds. The number of hydrogen-bond acceptors (Lipinski definition) is 5. The number of ether oxygens (including phenoxy) is 1. The summed E-state index contributed by atoms with van der Waals surface area (Å²) in [6, 6.07) is 13.7. The highest BCUT2D eigenvalue weighted by Crippen LogP contribution is 2.42. The van der Waals surface area contributed by atoms with Gasteiger partial charge < -0.3 is 20.5 Å². The van der Waals surface area contributed by atoms with E-state index in [9.17, 15) is 19.5 Å². The van der Waals surface area contributed by atoms with Crippen molar-refractivity contribution < 1.29 is 24.2 Å². The minimum absolute atomic E-state index is 0.216. The van der Waals surface area contributed by atoms with E-state index < -0.39 is 33.3 Å². The van der Waals surface area contributed by atoms with Gasteiger partial charge in [0.15, 0.2) is 0 Å². The van der Waals surface area contributed by atoms with E-state index >= 15 is 0 Å². The van der Waals surface area contributed by atoms with E-state index in [0.717, 1.165) is 0 Å². The number of carboxylic acids is 1. The third kappa shape index (κ3) is 7.03. The van der Waals surface area contributed by atoms with E-state index in [4.69, 9.17) is 51.1 Å². The molecule has 0 fully saturated rings. The van der Waals surface area contributed by atoms with Crippen LogP contribution in [0.25, 0.3) is 0 Å². The highest BCUT2D eigenvalue weighted by atomic mass is 35.5. The number of halogens is 4. The molecule has 0 saturated carbocycles. The van der Waals surface area contributed by atoms with Gasteiger partial charge in [-0.1, -0.05) is 52.5 Å². The van der Waals surface area contributed by atoms with Crippen LogP contribution in [-0.4, -0.2) is 34.7 Å². The van der Waals surface area contributed by atoms with Crippen molar-refractivity contribution in [2.75, 3.05) is 17.2 Å². The normalized spacial score (nSPS) is 11.5. The maximum atomic E-state index is 13.0. The number of hydrogen-bond donors (Lipinski definition) is 3. The molecule has 7 nitrogen and oxygen atoms in total. The molecule has 1 atom stereocenters. The van der Waals surface area contributed by atoms with E-state index in [1.165, 1.54) is 11.8 Å². The van der Waals surface area contributed by atoms with Gasteiger partial charge >= 0.3 is 5.97 Å². The summed E-state index contributed by atoms with van der Waals surface area (Å²) < 4.78 is 5.40. The molecule has 37 heavy (non-hydrogen) atoms. The van der Waals surface area contributed by atoms with E-state index in [1.54, 1.807) is 55.5 Å². The van der Waals surface area contributed by atoms with Gasteiger partial charge in [0.2, 0.25) is 5.91 Å². The minimum atomic E-state index is -1.49. The van der Waals surface area contributed by atoms with Gasteiger partial charge in [0.05, 0.1) is 43.1 Å². The van der Waals surface area contributed by atoms with Crippen molar-refractivity contribution in [1.29, 1.82) is 0 Å². The van der Waals surface area contributed by atoms with Gasteiger partial charge in [0.1, 0.15) is 5.75 Å². The summed E-state index contributed by atoms with van der Waals surface area (Å²) >= 11 is 25.4. The van der Waals surface area contributed by atoms with Crippen LogP contribution >= 0.6 is 58.2 Å². The molecular formula is C25H20Cl4N2O5S. The monoisotopic (exact) mass is 600 g/mol. The zero-order valence-electron chi connectivity index (χ0n) is 19.4. The minimum Gasteiger partial charge on any atom is -0.494 e. The van der Waals surface area contributed by atoms with Crippen LogP contribution in [0.1, 0.15) is 34.6 Å². The molecule has 0 heterocycles. The molecule has 194 valence electrons. The summed E-state index contributed by atoms with van der Waals surface area (Å²) in [5.74, 6) is -1.84. The fourth-order valence-electron chi connectivity index (χ4n) is 3.19. The number of nitrogens with one attached hydrogen (secondary N) is 2. The van der Waals surface area contributed by atoms with Crippen molar-refractivity contribution in [3.63, 3.8) is 0 Å². The van der Waals surface area contributed by atoms with Crippen LogP contribution in [-0.2, 0) is 4.79 Å². The van der Waals surface area contributed by atoms with Crippen LogP contribution in [0.3, 0.4) is 0 Å². The summed E-state index contributed by atoms with van der Waals surface area (Å²) in [4.78, 5) is 38.1. The third-order valence-corrected chi connectivity index (χ3v) is 7.81. The van der Waals surface area contributed by atoms with E-state index in [2.05, 4.69) is 10.6 Å². The number of aromatic carboxylic acids is 1. The van der Waals surface area contributed by atoms with Gasteiger partial charge in [0.25, 0.3) is 5.91 Å². The zero-order valence-corrected chi connectivity index (χ0v) is 23.2. The van der Waals surface area contributed by atoms with Crippen molar-refractivity contribution in [1.82, 2.24) is 0 Å². The topological polar surface area (TPSA) is 105 Å². The Balaban J connectivity index is 1.73. The maximum Gasteiger partial charge on any atom is 0.338 e. The Morgan fingerprint density at radius 3 is 2.11 bits per heavy atom. The Bertz CT molecular complexity index is 1350. The number of thioether (sulfide) groups is 1. The lowest BCUT2D eigenvalue weighted by atomic mass is 10.1. The first kappa shape index (κ1) is 28.9. The second-order valence-corrected chi connectivity index (χ2v) is 10.4. The quantitative estimate of drug-likeness (QED) is 0.131. The predicted octanol–water partition coefficient (Wildman–Crippen LogP) is 7.77. The van der Waals surface area contributed by atoms with Gasteiger partial charge in [-0.2, -0.15) is 0 Å². The van der Waals surface area contributed by atoms with E-state index in [1.807, 2.05) is 6.92 Å². The molecule has 0 aliphatic heterocycles. The van der Waals surface area contributed by atoms with Crippen LogP contribution < -0.4 is 15.4 Å². The fourth-order valence-corrected chi connectivity index (χ4v) is 5.13. The molecule has 0 bridgehead atoms. The summed E-state index contributed by atoms with van der Waals surface area (Å²) in [6.45, 7) is 4.19. The standard InChI is InChI=1S/C25H20Cl4N2O5S/c1-3-36-15-9-7-13(8-10-15)30-23(32)12(2)37-16-6-4-5-14(11-16)31-24(33)17-18(25(34)35)20(27)22(29)21(28)19(17)26/h4-12H,3H2,1-2H3,(H,30,32)(H,31,33)(H,34,35). The lowest BCUT2D eigenvalue weighted by Crippen LogP contribution is -2.22. The number of rotatable bonds is 9. The molecule has 1 unspecified atom stereocenters. The molecule has 3 aromatic carbocycles. The van der Waals surface area contributed by atoms with E-state index in [0.29, 0.717) is 28.6 Å². The van der Waals surface area contributed by atoms with Crippen LogP contribution in [0.2, 0.25) is 20.1 Å². The molecular weight excluding hydrogens is 582 g/mol. The second kappa shape index (κ2) is 12.8. The van der Waals surface area contributed by atoms with Gasteiger partial charge in [-0.3, -0.25) is 9.59 Å². The van der Waals surface area contributed by atoms with Crippen LogP contribution in [0, 0.1) is 0 Å². The Morgan fingerprint density at radius 2 is 1.51 bits per heavy atom. The van der Waals surface area contributed by atoms with Crippen LogP contribution in [0.5, 0.6) is 5.75 Å². The van der Waals surface area contributed by atoms with Crippen molar-refractivity contribution in [3.8, 4) is 5.75 Å². The average Bonchev–Trinajstić information content (AvgIpc) is 2.86. The Hall–Kier alpha value is -2.62. The first-order valence-electron chi connectivity index (χ1n) is 10.7. The van der Waals surface area contributed by atoms with Gasteiger partial charge in [0, 0.05) is 16.3 Å². The highest BCUT2D eigenvalue weighted by Gasteiger charge is 2.29. The molecule has 3 rings (SSSR count). The first-order chi connectivity index (χ1) is 17.5. The molecule has 3 aromatic rings. The molecule has 12 heteroatoms. The summed E-state index contributed by atoms with van der Waals surface area (Å²) in [5, 5.41) is 13.3. The smallest absolute Gasteiger partial charge is 0.338 e. The molecule has 0 spiro atoms. The van der Waals surface area contributed by atoms with Crippen molar-refractivity contribution in [2.45, 2.75) is 24.0 Å². The molecule has 0 aliphatic carbocycles. The largest absolute Gasteiger partial charge is 0.494 e. The second-order valence-electron chi connectivity index (χ2n) is 7.50. The maximum absolute atomic E-state index is 13.0. The number of benzene rings is 3. The number of amides is 2. The number of carboxylic acid groups (broad SMARTS) is 1. The SMILES string of the molecule is CCOc1ccc(NC(=O)C(C)Sc2cccc(NC(=O)c3c(Cl)c(Cl)c(Cl)c(Cl)c3C(=O)O)c2)cc1. The van der Waals surface area contributed by atoms with Gasteiger partial charge in [-0.15, -0.1) is 11.8 Å². The van der Waals surface area contributed by atoms with E-state index in [-0.39, 0.29) is 21.0 Å². The summed E-state index contributed by atoms with van der Waals surface area (Å²) in [5.41, 5.74) is -0.0181. The first-order valence-corrected chi connectivity index (χ1v) is 13.1. The Kier molecular flexibility index (Phi) is 9.98. The Morgan fingerprint density at radius 1 is 0.892 bits per heavy atom. The molecule has 0 radical (unpaired) electrons. The number of carbonyl (C=O) groups is 3. The van der Waals surface area contributed by atoms with Crippen molar-refractivity contribution in [2.24, 2.45) is 0 Å². The molecule has 3 N–H and O–H groups in total. The lowest BCUT2D eigenvalue weighted by molar-refractivity contribution is -0.115. The van der Waals surface area contributed by atoms with Crippen LogP contribution in [0.4, 0.5) is 11.4 Å². The van der Waals surface area contributed by atoms with Crippen molar-refractivity contribution in [3.05, 3.63) is 79.7 Å². The lowest BCUT2D eigenvalue weighted by Gasteiger charge is -2.15. The summed E-state index contributed by atoms with van der Waals surface area (Å²) in [7, 11) is 0. The fraction of sp³-hybridized carbons (Fsp3) is 0.160. The zero-order chi connectivity index (χ0) is 27.3. The molecule has 0 aromatic heterocycles. The molecule has 0 aliphatic rings. The van der Waals surface area contributed by atoms with Gasteiger partial charge in [-0.05, 0) is 56.3 Å². The van der Waals surface area contributed by atoms with Crippen LogP contribution in [0.15, 0.2) is 53.4 Å². The van der Waals surface area contributed by atoms with Crippen molar-refractivity contribution >= 4 is 87.3 Å². The number of anilines is 2.